The minimum absolute atomic E-state index is 0.307. The smallest absolute Gasteiger partial charge is 0.338 e. The zero-order valence-corrected chi connectivity index (χ0v) is 14.6. The number of hydrogen-bond acceptors (Lipinski definition) is 5. The fraction of sp³-hybridized carbons (Fsp3) is 0.211. The molecule has 0 aliphatic heterocycles. The number of nitrogens with zero attached hydrogens (tertiary/aromatic N) is 3. The normalized spacial score (nSPS) is 10.5. The summed E-state index contributed by atoms with van der Waals surface area (Å²) in [4.78, 5) is 25.6. The Bertz CT molecular complexity index is 882. The SMILES string of the molecule is Cc1ccnn1-c1ccc(C(=O)OCC(=O)N(C)Cc2ccco2)cc1. The number of likely N-dealkylation sites (N-methyl/N-ethyl adjacent to an activating group) is 1. The lowest BCUT2D eigenvalue weighted by Gasteiger charge is -2.15. The van der Waals surface area contributed by atoms with Gasteiger partial charge < -0.3 is 14.1 Å². The van der Waals surface area contributed by atoms with E-state index in [1.165, 1.54) is 4.90 Å². The molecule has 3 aromatic rings. The largest absolute Gasteiger partial charge is 0.467 e. The highest BCUT2D eigenvalue weighted by atomic mass is 16.5. The Hall–Kier alpha value is -3.35. The maximum Gasteiger partial charge on any atom is 0.338 e. The summed E-state index contributed by atoms with van der Waals surface area (Å²) in [6, 6.07) is 12.3. The van der Waals surface area contributed by atoms with Crippen molar-refractivity contribution in [3.8, 4) is 5.69 Å². The summed E-state index contributed by atoms with van der Waals surface area (Å²) in [5, 5.41) is 4.21. The van der Waals surface area contributed by atoms with Crippen LogP contribution in [0.5, 0.6) is 0 Å². The molecule has 0 radical (unpaired) electrons. The van der Waals surface area contributed by atoms with Gasteiger partial charge in [-0.25, -0.2) is 9.48 Å². The molecule has 0 aliphatic carbocycles. The van der Waals surface area contributed by atoms with Crippen LogP contribution in [0, 0.1) is 6.92 Å². The van der Waals surface area contributed by atoms with Crippen molar-refractivity contribution in [2.45, 2.75) is 13.5 Å². The molecule has 1 aromatic carbocycles. The van der Waals surface area contributed by atoms with E-state index in [1.54, 1.807) is 60.6 Å². The maximum absolute atomic E-state index is 12.1. The van der Waals surface area contributed by atoms with Gasteiger partial charge in [0.2, 0.25) is 0 Å². The summed E-state index contributed by atoms with van der Waals surface area (Å²) in [6.45, 7) is 1.94. The summed E-state index contributed by atoms with van der Waals surface area (Å²) in [7, 11) is 1.62. The lowest BCUT2D eigenvalue weighted by atomic mass is 10.2. The van der Waals surface area contributed by atoms with Gasteiger partial charge in [0, 0.05) is 18.9 Å². The number of furan rings is 1. The van der Waals surface area contributed by atoms with Crippen molar-refractivity contribution >= 4 is 11.9 Å². The lowest BCUT2D eigenvalue weighted by Crippen LogP contribution is -2.30. The van der Waals surface area contributed by atoms with Crippen molar-refractivity contribution in [2.24, 2.45) is 0 Å². The minimum Gasteiger partial charge on any atom is -0.467 e. The van der Waals surface area contributed by atoms with Gasteiger partial charge in [-0.15, -0.1) is 0 Å². The monoisotopic (exact) mass is 353 g/mol. The van der Waals surface area contributed by atoms with E-state index < -0.39 is 5.97 Å². The van der Waals surface area contributed by atoms with Gasteiger partial charge in [-0.2, -0.15) is 5.10 Å². The Labute approximate surface area is 150 Å². The van der Waals surface area contributed by atoms with Gasteiger partial charge >= 0.3 is 5.97 Å². The van der Waals surface area contributed by atoms with Crippen molar-refractivity contribution in [1.29, 1.82) is 0 Å². The van der Waals surface area contributed by atoms with Crippen molar-refractivity contribution in [3.63, 3.8) is 0 Å². The second-order valence-electron chi connectivity index (χ2n) is 5.84. The number of aryl methyl sites for hydroxylation is 1. The Balaban J connectivity index is 1.54. The third-order valence-electron chi connectivity index (χ3n) is 3.91. The molecule has 7 nitrogen and oxygen atoms in total. The first-order chi connectivity index (χ1) is 12.5. The minimum atomic E-state index is -0.548. The molecule has 0 aliphatic rings. The number of carbonyl (C=O) groups excluding carboxylic acids is 2. The fourth-order valence-corrected chi connectivity index (χ4v) is 2.42. The quantitative estimate of drug-likeness (QED) is 0.637. The Morgan fingerprint density at radius 1 is 1.19 bits per heavy atom. The molecule has 0 unspecified atom stereocenters. The number of hydrogen-bond donors (Lipinski definition) is 0. The van der Waals surface area contributed by atoms with Gasteiger partial charge in [-0.05, 0) is 49.4 Å². The molecule has 0 atom stereocenters. The van der Waals surface area contributed by atoms with Crippen molar-refractivity contribution in [1.82, 2.24) is 14.7 Å². The van der Waals surface area contributed by atoms with Gasteiger partial charge in [0.1, 0.15) is 5.76 Å². The van der Waals surface area contributed by atoms with Crippen molar-refractivity contribution in [3.05, 3.63) is 71.9 Å². The second-order valence-corrected chi connectivity index (χ2v) is 5.84. The molecule has 3 rings (SSSR count). The highest BCUT2D eigenvalue weighted by Crippen LogP contribution is 2.12. The second kappa shape index (κ2) is 7.69. The van der Waals surface area contributed by atoms with E-state index >= 15 is 0 Å². The predicted octanol–water partition coefficient (Wildman–Crippen LogP) is 2.59. The van der Waals surface area contributed by atoms with Crippen LogP contribution in [-0.2, 0) is 16.1 Å². The van der Waals surface area contributed by atoms with Crippen LogP contribution in [0.2, 0.25) is 0 Å². The topological polar surface area (TPSA) is 77.6 Å². The van der Waals surface area contributed by atoms with Crippen LogP contribution in [0.25, 0.3) is 5.69 Å². The van der Waals surface area contributed by atoms with Crippen LogP contribution in [0.1, 0.15) is 21.8 Å². The number of aromatic nitrogens is 2. The van der Waals surface area contributed by atoms with E-state index in [2.05, 4.69) is 5.10 Å². The Morgan fingerprint density at radius 2 is 1.96 bits per heavy atom. The molecule has 1 amide bonds. The molecule has 7 heteroatoms. The molecule has 0 spiro atoms. The van der Waals surface area contributed by atoms with E-state index in [-0.39, 0.29) is 12.5 Å². The highest BCUT2D eigenvalue weighted by molar-refractivity contribution is 5.91. The van der Waals surface area contributed by atoms with E-state index in [9.17, 15) is 9.59 Å². The van der Waals surface area contributed by atoms with Gasteiger partial charge in [-0.3, -0.25) is 4.79 Å². The molecular formula is C19H19N3O4. The van der Waals surface area contributed by atoms with Crippen LogP contribution < -0.4 is 0 Å². The van der Waals surface area contributed by atoms with Crippen LogP contribution in [0.4, 0.5) is 0 Å². The molecule has 2 heterocycles. The molecule has 134 valence electrons. The number of esters is 1. The van der Waals surface area contributed by atoms with Gasteiger partial charge in [0.25, 0.3) is 5.91 Å². The zero-order valence-electron chi connectivity index (χ0n) is 14.6. The van der Waals surface area contributed by atoms with Crippen LogP contribution >= 0.6 is 0 Å². The van der Waals surface area contributed by atoms with Gasteiger partial charge in [-0.1, -0.05) is 0 Å². The van der Waals surface area contributed by atoms with Crippen LogP contribution in [0.15, 0.2) is 59.3 Å². The number of ether oxygens (including phenoxy) is 1. The molecule has 26 heavy (non-hydrogen) atoms. The van der Waals surface area contributed by atoms with Crippen molar-refractivity contribution in [2.75, 3.05) is 13.7 Å². The molecule has 0 fully saturated rings. The molecule has 0 saturated carbocycles. The molecular weight excluding hydrogens is 334 g/mol. The van der Waals surface area contributed by atoms with Crippen LogP contribution in [-0.4, -0.2) is 40.2 Å². The third-order valence-corrected chi connectivity index (χ3v) is 3.91. The number of amides is 1. The summed E-state index contributed by atoms with van der Waals surface area (Å²) in [5.41, 5.74) is 2.21. The van der Waals surface area contributed by atoms with E-state index in [4.69, 9.17) is 9.15 Å². The number of carbonyl (C=O) groups is 2. The fourth-order valence-electron chi connectivity index (χ4n) is 2.42. The van der Waals surface area contributed by atoms with E-state index in [0.29, 0.717) is 17.9 Å². The highest BCUT2D eigenvalue weighted by Gasteiger charge is 2.15. The number of benzene rings is 1. The summed E-state index contributed by atoms with van der Waals surface area (Å²) >= 11 is 0. The first kappa shape index (κ1) is 17.5. The average Bonchev–Trinajstić information content (AvgIpc) is 3.31. The molecule has 0 saturated heterocycles. The average molecular weight is 353 g/mol. The predicted molar refractivity (Wildman–Crippen MR) is 93.8 cm³/mol. The maximum atomic E-state index is 12.1. The lowest BCUT2D eigenvalue weighted by molar-refractivity contribution is -0.133. The first-order valence-electron chi connectivity index (χ1n) is 8.09. The number of rotatable bonds is 6. The standard InChI is InChI=1S/C19H19N3O4/c1-14-9-10-20-22(14)16-7-5-15(6-8-16)19(24)26-13-18(23)21(2)12-17-4-3-11-25-17/h3-11H,12-13H2,1-2H3. The summed E-state index contributed by atoms with van der Waals surface area (Å²) in [5.74, 6) is -0.191. The van der Waals surface area contributed by atoms with Gasteiger partial charge in [0.05, 0.1) is 24.1 Å². The van der Waals surface area contributed by atoms with Crippen molar-refractivity contribution < 1.29 is 18.7 Å². The van der Waals surface area contributed by atoms with E-state index in [0.717, 1.165) is 11.4 Å². The first-order valence-corrected chi connectivity index (χ1v) is 8.09. The Kier molecular flexibility index (Phi) is 5.17. The zero-order chi connectivity index (χ0) is 18.5. The molecule has 0 bridgehead atoms. The summed E-state index contributed by atoms with van der Waals surface area (Å²) in [6.07, 6.45) is 3.25. The summed E-state index contributed by atoms with van der Waals surface area (Å²) < 4.78 is 12.1. The van der Waals surface area contributed by atoms with Crippen LogP contribution in [0.3, 0.4) is 0 Å². The van der Waals surface area contributed by atoms with E-state index in [1.807, 2.05) is 13.0 Å². The van der Waals surface area contributed by atoms with Gasteiger partial charge in [0.15, 0.2) is 6.61 Å². The molecule has 0 N–H and O–H groups in total. The molecule has 2 aromatic heterocycles. The third kappa shape index (κ3) is 4.00. The Morgan fingerprint density at radius 3 is 2.58 bits per heavy atom.